The largest absolute Gasteiger partial charge is 0.416 e. The number of alkyl halides is 3. The first-order valence-corrected chi connectivity index (χ1v) is 7.69. The number of hydrogen-bond donors (Lipinski definition) is 3. The highest BCUT2D eigenvalue weighted by molar-refractivity contribution is 5.82. The Bertz CT molecular complexity index is 626. The van der Waals surface area contributed by atoms with Gasteiger partial charge in [-0.2, -0.15) is 13.2 Å². The summed E-state index contributed by atoms with van der Waals surface area (Å²) in [7, 11) is 0. The van der Waals surface area contributed by atoms with Gasteiger partial charge in [-0.15, -0.1) is 0 Å². The molecule has 0 saturated carbocycles. The van der Waals surface area contributed by atoms with Crippen molar-refractivity contribution in [3.63, 3.8) is 0 Å². The summed E-state index contributed by atoms with van der Waals surface area (Å²) in [5, 5.41) is 14.4. The lowest BCUT2D eigenvalue weighted by atomic mass is 9.89. The minimum atomic E-state index is -4.75. The van der Waals surface area contributed by atoms with Gasteiger partial charge in [0.25, 0.3) is 5.91 Å². The molecule has 9 heteroatoms. The van der Waals surface area contributed by atoms with Crippen molar-refractivity contribution in [1.29, 1.82) is 0 Å². The summed E-state index contributed by atoms with van der Waals surface area (Å²) in [4.78, 5) is 12.3. The predicted molar refractivity (Wildman–Crippen MR) is 81.2 cm³/mol. The van der Waals surface area contributed by atoms with E-state index in [1.54, 1.807) is 0 Å². The van der Waals surface area contributed by atoms with E-state index in [1.165, 1.54) is 13.8 Å². The number of aliphatic hydroxyl groups excluding tert-OH is 1. The summed E-state index contributed by atoms with van der Waals surface area (Å²) < 4.78 is 58.2. The van der Waals surface area contributed by atoms with Crippen molar-refractivity contribution in [2.24, 2.45) is 0 Å². The van der Waals surface area contributed by atoms with Crippen LogP contribution in [0.3, 0.4) is 0 Å². The van der Waals surface area contributed by atoms with Crippen LogP contribution in [-0.4, -0.2) is 42.9 Å². The standard InChI is InChI=1S/C16H20F4N2O3/c1-15(2,11-4-3-9(17)5-12(11)16(18,19)20)22-14(24)13-6-21-10(7-23)8-25-13/h3-5,10,13,21,23H,6-8H2,1-2H3,(H,22,24)/t10-,13+/m1/s1. The quantitative estimate of drug-likeness (QED) is 0.709. The minimum absolute atomic E-state index is 0.110. The van der Waals surface area contributed by atoms with Gasteiger partial charge in [0.15, 0.2) is 0 Å². The smallest absolute Gasteiger partial charge is 0.395 e. The Kier molecular flexibility index (Phi) is 5.70. The van der Waals surface area contributed by atoms with E-state index in [2.05, 4.69) is 10.6 Å². The van der Waals surface area contributed by atoms with Crippen molar-refractivity contribution in [1.82, 2.24) is 10.6 Å². The number of carbonyl (C=O) groups is 1. The Labute approximate surface area is 142 Å². The minimum Gasteiger partial charge on any atom is -0.395 e. The number of rotatable bonds is 4. The molecule has 25 heavy (non-hydrogen) atoms. The van der Waals surface area contributed by atoms with Crippen LogP contribution in [0.1, 0.15) is 25.0 Å². The maximum absolute atomic E-state index is 13.3. The van der Waals surface area contributed by atoms with E-state index in [9.17, 15) is 22.4 Å². The molecule has 2 atom stereocenters. The molecule has 5 nitrogen and oxygen atoms in total. The molecule has 1 aliphatic rings. The van der Waals surface area contributed by atoms with E-state index < -0.39 is 35.1 Å². The molecule has 1 aromatic rings. The number of benzene rings is 1. The molecule has 0 bridgehead atoms. The van der Waals surface area contributed by atoms with Gasteiger partial charge in [0, 0.05) is 6.54 Å². The molecule has 0 radical (unpaired) electrons. The third-order valence-electron chi connectivity index (χ3n) is 4.00. The Morgan fingerprint density at radius 3 is 2.56 bits per heavy atom. The zero-order valence-corrected chi connectivity index (χ0v) is 13.8. The molecule has 0 unspecified atom stereocenters. The molecule has 1 saturated heterocycles. The summed E-state index contributed by atoms with van der Waals surface area (Å²) in [6, 6.07) is 2.06. The Balaban J connectivity index is 2.18. The Morgan fingerprint density at radius 2 is 2.04 bits per heavy atom. The highest BCUT2D eigenvalue weighted by Crippen LogP contribution is 2.37. The lowest BCUT2D eigenvalue weighted by Gasteiger charge is -2.34. The van der Waals surface area contributed by atoms with E-state index in [0.717, 1.165) is 12.1 Å². The molecular formula is C16H20F4N2O3. The van der Waals surface area contributed by atoms with E-state index in [4.69, 9.17) is 9.84 Å². The number of halogens is 4. The van der Waals surface area contributed by atoms with E-state index >= 15 is 0 Å². The average Bonchev–Trinajstić information content (AvgIpc) is 2.53. The van der Waals surface area contributed by atoms with Gasteiger partial charge in [0.1, 0.15) is 11.9 Å². The summed E-state index contributed by atoms with van der Waals surface area (Å²) in [5.74, 6) is -1.60. The lowest BCUT2D eigenvalue weighted by molar-refractivity contribution is -0.141. The first kappa shape index (κ1) is 19.6. The first-order valence-electron chi connectivity index (χ1n) is 7.69. The number of amides is 1. The molecule has 3 N–H and O–H groups in total. The van der Waals surface area contributed by atoms with E-state index in [1.807, 2.05) is 0 Å². The van der Waals surface area contributed by atoms with Crippen LogP contribution in [-0.2, 0) is 21.2 Å². The van der Waals surface area contributed by atoms with Crippen molar-refractivity contribution in [3.8, 4) is 0 Å². The SMILES string of the molecule is CC(C)(NC(=O)[C@@H]1CN[C@H](CO)CO1)c1ccc(F)cc1C(F)(F)F. The van der Waals surface area contributed by atoms with Crippen molar-refractivity contribution in [2.45, 2.75) is 37.7 Å². The van der Waals surface area contributed by atoms with Gasteiger partial charge < -0.3 is 20.5 Å². The van der Waals surface area contributed by atoms with E-state index in [0.29, 0.717) is 6.07 Å². The van der Waals surface area contributed by atoms with Gasteiger partial charge in [-0.3, -0.25) is 4.79 Å². The fourth-order valence-electron chi connectivity index (χ4n) is 2.66. The van der Waals surface area contributed by atoms with Gasteiger partial charge in [0.05, 0.1) is 30.4 Å². The molecule has 0 spiro atoms. The van der Waals surface area contributed by atoms with Crippen LogP contribution in [0, 0.1) is 5.82 Å². The van der Waals surface area contributed by atoms with Crippen LogP contribution in [0.5, 0.6) is 0 Å². The molecule has 0 aromatic heterocycles. The Hall–Kier alpha value is -1.71. The second-order valence-electron chi connectivity index (χ2n) is 6.41. The monoisotopic (exact) mass is 364 g/mol. The van der Waals surface area contributed by atoms with Gasteiger partial charge in [0.2, 0.25) is 0 Å². The highest BCUT2D eigenvalue weighted by Gasteiger charge is 2.39. The van der Waals surface area contributed by atoms with Crippen molar-refractivity contribution in [2.75, 3.05) is 19.8 Å². The molecule has 1 amide bonds. The molecule has 1 aliphatic heterocycles. The summed E-state index contributed by atoms with van der Waals surface area (Å²) in [6.45, 7) is 2.90. The van der Waals surface area contributed by atoms with Crippen LogP contribution in [0.15, 0.2) is 18.2 Å². The molecule has 2 rings (SSSR count). The summed E-state index contributed by atoms with van der Waals surface area (Å²) in [6.07, 6.45) is -5.65. The van der Waals surface area contributed by atoms with Gasteiger partial charge in [-0.1, -0.05) is 6.07 Å². The van der Waals surface area contributed by atoms with Crippen LogP contribution >= 0.6 is 0 Å². The number of aliphatic hydroxyl groups is 1. The summed E-state index contributed by atoms with van der Waals surface area (Å²) >= 11 is 0. The fraction of sp³-hybridized carbons (Fsp3) is 0.562. The van der Waals surface area contributed by atoms with Gasteiger partial charge >= 0.3 is 6.18 Å². The number of ether oxygens (including phenoxy) is 1. The maximum atomic E-state index is 13.3. The first-order chi connectivity index (χ1) is 11.5. The molecule has 0 aliphatic carbocycles. The second kappa shape index (κ2) is 7.27. The maximum Gasteiger partial charge on any atom is 0.416 e. The number of nitrogens with one attached hydrogen (secondary N) is 2. The normalized spacial score (nSPS) is 21.9. The average molecular weight is 364 g/mol. The van der Waals surface area contributed by atoms with Crippen LogP contribution in [0.25, 0.3) is 0 Å². The van der Waals surface area contributed by atoms with Crippen LogP contribution in [0.4, 0.5) is 17.6 Å². The molecule has 140 valence electrons. The molecule has 1 fully saturated rings. The highest BCUT2D eigenvalue weighted by atomic mass is 19.4. The van der Waals surface area contributed by atoms with Crippen LogP contribution in [0.2, 0.25) is 0 Å². The zero-order chi connectivity index (χ0) is 18.8. The lowest BCUT2D eigenvalue weighted by Crippen LogP contribution is -2.56. The third kappa shape index (κ3) is 4.68. The zero-order valence-electron chi connectivity index (χ0n) is 13.8. The molecular weight excluding hydrogens is 344 g/mol. The van der Waals surface area contributed by atoms with Gasteiger partial charge in [-0.25, -0.2) is 4.39 Å². The van der Waals surface area contributed by atoms with Crippen molar-refractivity contribution in [3.05, 3.63) is 35.1 Å². The number of carbonyl (C=O) groups excluding carboxylic acids is 1. The Morgan fingerprint density at radius 1 is 1.36 bits per heavy atom. The number of hydrogen-bond acceptors (Lipinski definition) is 4. The fourth-order valence-corrected chi connectivity index (χ4v) is 2.66. The molecule has 1 heterocycles. The second-order valence-corrected chi connectivity index (χ2v) is 6.41. The predicted octanol–water partition coefficient (Wildman–Crippen LogP) is 1.55. The third-order valence-corrected chi connectivity index (χ3v) is 4.00. The topological polar surface area (TPSA) is 70.6 Å². The van der Waals surface area contributed by atoms with Gasteiger partial charge in [-0.05, 0) is 31.5 Å². The molecule has 1 aromatic carbocycles. The van der Waals surface area contributed by atoms with Crippen molar-refractivity contribution < 1.29 is 32.2 Å². The number of morpholine rings is 1. The van der Waals surface area contributed by atoms with Crippen LogP contribution < -0.4 is 10.6 Å². The summed E-state index contributed by atoms with van der Waals surface area (Å²) in [5.41, 5.74) is -2.78. The van der Waals surface area contributed by atoms with Crippen molar-refractivity contribution >= 4 is 5.91 Å². The van der Waals surface area contributed by atoms with E-state index in [-0.39, 0.29) is 31.4 Å².